The maximum absolute atomic E-state index is 6.83. The van der Waals surface area contributed by atoms with Crippen molar-refractivity contribution < 1.29 is 4.42 Å². The molecule has 0 radical (unpaired) electrons. The quantitative estimate of drug-likeness (QED) is 0.127. The fourth-order valence-electron chi connectivity index (χ4n) is 13.5. The van der Waals surface area contributed by atoms with E-state index in [1.54, 1.807) is 0 Å². The summed E-state index contributed by atoms with van der Waals surface area (Å²) in [5.41, 5.74) is 27.1. The highest BCUT2D eigenvalue weighted by molar-refractivity contribution is 7.00. The van der Waals surface area contributed by atoms with Crippen LogP contribution < -0.4 is 36.0 Å². The van der Waals surface area contributed by atoms with Crippen molar-refractivity contribution in [1.82, 2.24) is 0 Å². The van der Waals surface area contributed by atoms with Crippen molar-refractivity contribution in [3.63, 3.8) is 0 Å². The third-order valence-electron chi connectivity index (χ3n) is 18.1. The first-order valence-corrected chi connectivity index (χ1v) is 31.1. The molecule has 6 heteroatoms. The van der Waals surface area contributed by atoms with Gasteiger partial charge in [-0.05, 0) is 201 Å². The zero-order valence-corrected chi connectivity index (χ0v) is 52.5. The summed E-state index contributed by atoms with van der Waals surface area (Å²) in [5, 5.41) is 1.07. The molecule has 1 aromatic heterocycles. The second-order valence-corrected chi connectivity index (χ2v) is 27.2. The van der Waals surface area contributed by atoms with Gasteiger partial charge in [-0.3, -0.25) is 0 Å². The Labute approximate surface area is 520 Å². The van der Waals surface area contributed by atoms with Crippen LogP contribution >= 0.6 is 0 Å². The molecule has 2 aliphatic heterocycles. The van der Waals surface area contributed by atoms with Crippen LogP contribution in [0.15, 0.2) is 259 Å². The van der Waals surface area contributed by atoms with Crippen LogP contribution in [-0.2, 0) is 16.2 Å². The standard InChI is InChI=1S/C82H75BN4O/c1-54-24-23-25-55(2)79(54)87-73-45-43-67(84(63-29-17-13-18-30-63)64-31-19-14-20-32-64)51-71(73)83-70-50-62(82(9,10)11)38-44-72(70)86(68-47-58(56-26-15-12-16-27-56)46-59(48-68)77-49-57-28-21-22-33-76(57)88-77)74-52-69(53-75(87)78(74)83)85(65-39-34-60(35-40-65)80(3,4)5)66-41-36-61(37-42-66)81(6,7)8/h12-53H,1-11H3. The maximum Gasteiger partial charge on any atom is 0.252 e. The van der Waals surface area contributed by atoms with Gasteiger partial charge in [0.15, 0.2) is 0 Å². The number of fused-ring (bicyclic) bond motifs is 5. The summed E-state index contributed by atoms with van der Waals surface area (Å²) in [6, 6.07) is 94.9. The van der Waals surface area contributed by atoms with Crippen LogP contribution in [0.1, 0.15) is 90.1 Å². The molecule has 0 aliphatic carbocycles. The lowest BCUT2D eigenvalue weighted by Gasteiger charge is -2.46. The van der Waals surface area contributed by atoms with Gasteiger partial charge in [0.1, 0.15) is 11.3 Å². The Morgan fingerprint density at radius 3 is 1.39 bits per heavy atom. The summed E-state index contributed by atoms with van der Waals surface area (Å²) in [6.07, 6.45) is 0. The van der Waals surface area contributed by atoms with Crippen molar-refractivity contribution in [3.8, 4) is 22.5 Å². The van der Waals surface area contributed by atoms with Gasteiger partial charge in [0.25, 0.3) is 6.71 Å². The minimum Gasteiger partial charge on any atom is -0.456 e. The Kier molecular flexibility index (Phi) is 13.7. The van der Waals surface area contributed by atoms with Crippen LogP contribution in [0.25, 0.3) is 33.4 Å². The second kappa shape index (κ2) is 21.6. The maximum atomic E-state index is 6.83. The zero-order chi connectivity index (χ0) is 60.8. The lowest BCUT2D eigenvalue weighted by Crippen LogP contribution is -2.61. The summed E-state index contributed by atoms with van der Waals surface area (Å²) < 4.78 is 6.83. The number of hydrogen-bond donors (Lipinski definition) is 0. The number of anilines is 12. The van der Waals surface area contributed by atoms with Gasteiger partial charge >= 0.3 is 0 Å². The molecular formula is C82H75BN4O. The molecule has 5 nitrogen and oxygen atoms in total. The Hall–Kier alpha value is -9.78. The highest BCUT2D eigenvalue weighted by atomic mass is 16.3. The average Bonchev–Trinajstić information content (AvgIpc) is 0.794. The summed E-state index contributed by atoms with van der Waals surface area (Å²) in [4.78, 5) is 10.1. The van der Waals surface area contributed by atoms with E-state index in [4.69, 9.17) is 4.42 Å². The van der Waals surface area contributed by atoms with Crippen LogP contribution in [-0.4, -0.2) is 6.71 Å². The Bertz CT molecular complexity index is 4440. The molecule has 11 aromatic carbocycles. The molecule has 0 atom stereocenters. The number of benzene rings is 11. The molecular weight excluding hydrogens is 1070 g/mol. The number of furan rings is 1. The van der Waals surface area contributed by atoms with Crippen molar-refractivity contribution in [2.75, 3.05) is 19.6 Å². The highest BCUT2D eigenvalue weighted by Crippen LogP contribution is 2.52. The first-order valence-electron chi connectivity index (χ1n) is 31.1. The molecule has 2 aliphatic rings. The van der Waals surface area contributed by atoms with Crippen LogP contribution in [0.4, 0.5) is 68.2 Å². The molecule has 0 spiro atoms. The van der Waals surface area contributed by atoms with Crippen molar-refractivity contribution in [1.29, 1.82) is 0 Å². The first kappa shape index (κ1) is 56.1. The molecule has 0 saturated heterocycles. The fraction of sp³-hybridized carbons (Fsp3) is 0.171. The predicted molar refractivity (Wildman–Crippen MR) is 376 cm³/mol. The lowest BCUT2D eigenvalue weighted by molar-refractivity contribution is 0.590. The Morgan fingerprint density at radius 2 is 0.807 bits per heavy atom. The number of nitrogens with zero attached hydrogens (tertiary/aromatic N) is 4. The zero-order valence-electron chi connectivity index (χ0n) is 52.5. The number of aryl methyl sites for hydroxylation is 2. The molecule has 3 heterocycles. The number of rotatable bonds is 10. The van der Waals surface area contributed by atoms with Gasteiger partial charge < -0.3 is 24.0 Å². The van der Waals surface area contributed by atoms with Crippen LogP contribution in [0.3, 0.4) is 0 Å². The molecule has 12 aromatic rings. The van der Waals surface area contributed by atoms with E-state index >= 15 is 0 Å². The topological polar surface area (TPSA) is 26.1 Å². The number of para-hydroxylation sites is 4. The average molecular weight is 1140 g/mol. The summed E-state index contributed by atoms with van der Waals surface area (Å²) >= 11 is 0. The summed E-state index contributed by atoms with van der Waals surface area (Å²) in [7, 11) is 0. The lowest BCUT2D eigenvalue weighted by atomic mass is 9.33. The second-order valence-electron chi connectivity index (χ2n) is 27.2. The van der Waals surface area contributed by atoms with E-state index in [1.165, 1.54) is 49.9 Å². The number of hydrogen-bond acceptors (Lipinski definition) is 5. The van der Waals surface area contributed by atoms with Crippen molar-refractivity contribution >= 4 is 102 Å². The van der Waals surface area contributed by atoms with Gasteiger partial charge in [-0.15, -0.1) is 0 Å². The molecule has 0 unspecified atom stereocenters. The third-order valence-corrected chi connectivity index (χ3v) is 18.1. The smallest absolute Gasteiger partial charge is 0.252 e. The first-order chi connectivity index (χ1) is 42.4. The molecule has 14 rings (SSSR count). The highest BCUT2D eigenvalue weighted by Gasteiger charge is 2.45. The molecule has 0 saturated carbocycles. The van der Waals surface area contributed by atoms with Crippen molar-refractivity contribution in [2.45, 2.75) is 92.4 Å². The monoisotopic (exact) mass is 1140 g/mol. The van der Waals surface area contributed by atoms with Gasteiger partial charge in [0, 0.05) is 67.8 Å². The Morgan fingerprint density at radius 1 is 0.341 bits per heavy atom. The predicted octanol–water partition coefficient (Wildman–Crippen LogP) is 21.3. The SMILES string of the molecule is Cc1cccc(C)c1N1c2ccc(N(c3ccccc3)c3ccccc3)cc2B2c3cc(C(C)(C)C)ccc3N(c3cc(-c4ccccc4)cc(-c4cc5ccccc5o4)c3)c3cc(N(c4ccc(C(C)(C)C)cc4)c4ccc(C(C)(C)C)cc4)cc1c32. The molecule has 88 heavy (non-hydrogen) atoms. The Balaban J connectivity index is 1.13. The molecule has 0 N–H and O–H groups in total. The van der Waals surface area contributed by atoms with E-state index in [0.717, 1.165) is 96.0 Å². The normalized spacial score (nSPS) is 12.9. The van der Waals surface area contributed by atoms with Crippen LogP contribution in [0, 0.1) is 13.8 Å². The third kappa shape index (κ3) is 10.0. The van der Waals surface area contributed by atoms with Crippen molar-refractivity contribution in [2.24, 2.45) is 0 Å². The fourth-order valence-corrected chi connectivity index (χ4v) is 13.5. The van der Waals surface area contributed by atoms with E-state index in [9.17, 15) is 0 Å². The van der Waals surface area contributed by atoms with E-state index in [2.05, 4.69) is 351 Å². The van der Waals surface area contributed by atoms with Gasteiger partial charge in [-0.25, -0.2) is 0 Å². The van der Waals surface area contributed by atoms with E-state index in [0.29, 0.717) is 0 Å². The van der Waals surface area contributed by atoms with E-state index < -0.39 is 0 Å². The molecule has 432 valence electrons. The van der Waals surface area contributed by atoms with E-state index in [1.807, 2.05) is 0 Å². The minimum absolute atomic E-state index is 0.0304. The minimum atomic E-state index is -0.200. The van der Waals surface area contributed by atoms with E-state index in [-0.39, 0.29) is 23.0 Å². The summed E-state index contributed by atoms with van der Waals surface area (Å²) in [6.45, 7) is 25.1. The van der Waals surface area contributed by atoms with Gasteiger partial charge in [0.2, 0.25) is 0 Å². The summed E-state index contributed by atoms with van der Waals surface area (Å²) in [5.74, 6) is 0.821. The molecule has 0 fully saturated rings. The molecule has 0 amide bonds. The van der Waals surface area contributed by atoms with Crippen LogP contribution in [0.5, 0.6) is 0 Å². The van der Waals surface area contributed by atoms with Gasteiger partial charge in [-0.2, -0.15) is 0 Å². The molecule has 0 bridgehead atoms. The van der Waals surface area contributed by atoms with Gasteiger partial charge in [-0.1, -0.05) is 202 Å². The van der Waals surface area contributed by atoms with Crippen LogP contribution in [0.2, 0.25) is 0 Å². The largest absolute Gasteiger partial charge is 0.456 e. The van der Waals surface area contributed by atoms with Crippen molar-refractivity contribution in [3.05, 3.63) is 283 Å². The van der Waals surface area contributed by atoms with Gasteiger partial charge in [0.05, 0.1) is 11.4 Å².